The maximum atomic E-state index is 12.9. The number of benzene rings is 2. The molecule has 1 saturated heterocycles. The van der Waals surface area contributed by atoms with E-state index >= 15 is 0 Å². The van der Waals surface area contributed by atoms with Crippen LogP contribution in [0.3, 0.4) is 0 Å². The average molecular weight is 438 g/mol. The molecule has 32 heavy (non-hydrogen) atoms. The third kappa shape index (κ3) is 5.59. The number of hydrogen-bond acceptors (Lipinski definition) is 5. The first-order chi connectivity index (χ1) is 15.3. The number of nitrogens with zero attached hydrogens (tertiary/aromatic N) is 2. The number of carbonyl (C=O) groups excluding carboxylic acids is 2. The average Bonchev–Trinajstić information content (AvgIpc) is 3.21. The number of nitrogens with one attached hydrogen (secondary N) is 1. The van der Waals surface area contributed by atoms with E-state index in [1.807, 2.05) is 25.7 Å². The summed E-state index contributed by atoms with van der Waals surface area (Å²) in [4.78, 5) is 29.1. The first-order valence-corrected chi connectivity index (χ1v) is 11.1. The van der Waals surface area contributed by atoms with Gasteiger partial charge in [-0.1, -0.05) is 12.1 Å². The molecular formula is C25H31N3O4. The van der Waals surface area contributed by atoms with E-state index < -0.39 is 11.7 Å². The Morgan fingerprint density at radius 2 is 1.75 bits per heavy atom. The largest absolute Gasteiger partial charge is 0.493 e. The molecule has 7 heteroatoms. The van der Waals surface area contributed by atoms with Gasteiger partial charge in [0.25, 0.3) is 5.91 Å². The van der Waals surface area contributed by atoms with E-state index in [1.54, 1.807) is 24.3 Å². The van der Waals surface area contributed by atoms with Gasteiger partial charge in [0.2, 0.25) is 0 Å². The first-order valence-electron chi connectivity index (χ1n) is 11.1. The second-order valence-corrected chi connectivity index (χ2v) is 9.31. The van der Waals surface area contributed by atoms with E-state index in [9.17, 15) is 9.59 Å². The van der Waals surface area contributed by atoms with Crippen LogP contribution in [-0.2, 0) is 17.7 Å². The Morgan fingerprint density at radius 1 is 1.03 bits per heavy atom. The fraction of sp³-hybridized carbons (Fsp3) is 0.440. The lowest BCUT2D eigenvalue weighted by Crippen LogP contribution is -2.48. The predicted molar refractivity (Wildman–Crippen MR) is 123 cm³/mol. The van der Waals surface area contributed by atoms with Gasteiger partial charge >= 0.3 is 6.09 Å². The van der Waals surface area contributed by atoms with Crippen molar-refractivity contribution >= 4 is 17.7 Å². The summed E-state index contributed by atoms with van der Waals surface area (Å²) in [5, 5.41) is 2.69. The Bertz CT molecular complexity index is 974. The molecule has 0 aromatic heterocycles. The van der Waals surface area contributed by atoms with Crippen molar-refractivity contribution in [3.8, 4) is 5.75 Å². The first kappa shape index (κ1) is 22.1. The van der Waals surface area contributed by atoms with Gasteiger partial charge in [0.05, 0.1) is 6.61 Å². The van der Waals surface area contributed by atoms with Gasteiger partial charge in [-0.25, -0.2) is 4.79 Å². The summed E-state index contributed by atoms with van der Waals surface area (Å²) < 4.78 is 10.8. The molecule has 7 nitrogen and oxygen atoms in total. The molecule has 170 valence electrons. The number of ether oxygens (including phenoxy) is 2. The van der Waals surface area contributed by atoms with Crippen molar-refractivity contribution in [2.75, 3.05) is 38.1 Å². The van der Waals surface area contributed by atoms with Crippen molar-refractivity contribution < 1.29 is 19.1 Å². The van der Waals surface area contributed by atoms with Crippen LogP contribution in [0, 0.1) is 0 Å². The lowest BCUT2D eigenvalue weighted by atomic mass is 10.1. The third-order valence-electron chi connectivity index (χ3n) is 5.60. The summed E-state index contributed by atoms with van der Waals surface area (Å²) in [5.74, 6) is 1.03. The normalized spacial score (nSPS) is 16.3. The molecule has 1 N–H and O–H groups in total. The summed E-state index contributed by atoms with van der Waals surface area (Å²) in [5.41, 5.74) is 3.24. The van der Waals surface area contributed by atoms with Crippen LogP contribution in [0.4, 0.5) is 10.5 Å². The second-order valence-electron chi connectivity index (χ2n) is 9.31. The minimum Gasteiger partial charge on any atom is -0.493 e. The molecule has 0 bridgehead atoms. The summed E-state index contributed by atoms with van der Waals surface area (Å²) in [6.07, 6.45) is 0.473. The van der Waals surface area contributed by atoms with E-state index in [1.165, 1.54) is 11.1 Å². The summed E-state index contributed by atoms with van der Waals surface area (Å²) in [6, 6.07) is 13.4. The SMILES string of the molecule is CC(C)(C)OC(=O)Nc1ccc(C(=O)N2CCN(Cc3ccc4c(c3)CCO4)CC2)cc1. The minimum atomic E-state index is -0.558. The number of fused-ring (bicyclic) bond motifs is 1. The molecular weight excluding hydrogens is 406 g/mol. The number of piperazine rings is 1. The maximum absolute atomic E-state index is 12.9. The van der Waals surface area contributed by atoms with Gasteiger partial charge in [-0.05, 0) is 62.2 Å². The van der Waals surface area contributed by atoms with Gasteiger partial charge in [-0.15, -0.1) is 0 Å². The summed E-state index contributed by atoms with van der Waals surface area (Å²) in [7, 11) is 0. The highest BCUT2D eigenvalue weighted by Crippen LogP contribution is 2.26. The maximum Gasteiger partial charge on any atom is 0.412 e. The van der Waals surface area contributed by atoms with Crippen LogP contribution in [0.25, 0.3) is 0 Å². The van der Waals surface area contributed by atoms with Crippen LogP contribution in [0.1, 0.15) is 42.3 Å². The van der Waals surface area contributed by atoms with Crippen LogP contribution >= 0.6 is 0 Å². The standard InChI is InChI=1S/C25H31N3O4/c1-25(2,3)32-24(30)26-21-7-5-19(6-8-21)23(29)28-13-11-27(12-14-28)17-18-4-9-22-20(16-18)10-15-31-22/h4-9,16H,10-15,17H2,1-3H3,(H,26,30). The van der Waals surface area contributed by atoms with Crippen LogP contribution in [0.2, 0.25) is 0 Å². The number of carbonyl (C=O) groups is 2. The molecule has 0 atom stereocenters. The molecule has 2 aliphatic heterocycles. The number of rotatable bonds is 4. The zero-order chi connectivity index (χ0) is 22.7. The van der Waals surface area contributed by atoms with Crippen molar-refractivity contribution in [3.05, 3.63) is 59.2 Å². The molecule has 2 aromatic rings. The molecule has 1 fully saturated rings. The molecule has 4 rings (SSSR count). The molecule has 0 unspecified atom stereocenters. The van der Waals surface area contributed by atoms with Gasteiger partial charge in [-0.3, -0.25) is 15.0 Å². The van der Waals surface area contributed by atoms with Crippen molar-refractivity contribution in [3.63, 3.8) is 0 Å². The topological polar surface area (TPSA) is 71.1 Å². The Hall–Kier alpha value is -3.06. The van der Waals surface area contributed by atoms with Gasteiger partial charge < -0.3 is 14.4 Å². The van der Waals surface area contributed by atoms with E-state index in [0.29, 0.717) is 24.3 Å². The van der Waals surface area contributed by atoms with Gasteiger partial charge in [0.15, 0.2) is 0 Å². The van der Waals surface area contributed by atoms with Gasteiger partial charge in [0, 0.05) is 50.4 Å². The van der Waals surface area contributed by atoms with Crippen LogP contribution in [-0.4, -0.2) is 60.2 Å². The minimum absolute atomic E-state index is 0.0168. The highest BCUT2D eigenvalue weighted by atomic mass is 16.6. The van der Waals surface area contributed by atoms with Crippen molar-refractivity contribution in [1.29, 1.82) is 0 Å². The Balaban J connectivity index is 1.27. The van der Waals surface area contributed by atoms with Crippen LogP contribution in [0.5, 0.6) is 5.75 Å². The third-order valence-corrected chi connectivity index (χ3v) is 5.60. The second kappa shape index (κ2) is 9.20. The lowest BCUT2D eigenvalue weighted by Gasteiger charge is -2.35. The van der Waals surface area contributed by atoms with Gasteiger partial charge in [-0.2, -0.15) is 0 Å². The Kier molecular flexibility index (Phi) is 6.37. The van der Waals surface area contributed by atoms with E-state index in [0.717, 1.165) is 38.4 Å². The summed E-state index contributed by atoms with van der Waals surface area (Å²) in [6.45, 7) is 10.2. The molecule has 2 amide bonds. The fourth-order valence-corrected chi connectivity index (χ4v) is 4.01. The lowest BCUT2D eigenvalue weighted by molar-refractivity contribution is 0.0624. The Labute approximate surface area is 189 Å². The van der Waals surface area contributed by atoms with Crippen molar-refractivity contribution in [1.82, 2.24) is 9.80 Å². The fourth-order valence-electron chi connectivity index (χ4n) is 4.01. The Morgan fingerprint density at radius 3 is 2.44 bits per heavy atom. The van der Waals surface area contributed by atoms with Crippen molar-refractivity contribution in [2.24, 2.45) is 0 Å². The number of amides is 2. The quantitative estimate of drug-likeness (QED) is 0.785. The van der Waals surface area contributed by atoms with Crippen molar-refractivity contribution in [2.45, 2.75) is 39.3 Å². The smallest absolute Gasteiger partial charge is 0.412 e. The molecule has 0 aliphatic carbocycles. The molecule has 0 radical (unpaired) electrons. The zero-order valence-electron chi connectivity index (χ0n) is 19.0. The molecule has 0 spiro atoms. The molecule has 2 heterocycles. The van der Waals surface area contributed by atoms with Crippen LogP contribution in [0.15, 0.2) is 42.5 Å². The van der Waals surface area contributed by atoms with E-state index in [4.69, 9.17) is 9.47 Å². The number of anilines is 1. The highest BCUT2D eigenvalue weighted by Gasteiger charge is 2.23. The predicted octanol–water partition coefficient (Wildman–Crippen LogP) is 3.93. The zero-order valence-corrected chi connectivity index (χ0v) is 19.0. The van der Waals surface area contributed by atoms with E-state index in [2.05, 4.69) is 28.4 Å². The number of hydrogen-bond donors (Lipinski definition) is 1. The molecule has 2 aliphatic rings. The highest BCUT2D eigenvalue weighted by molar-refractivity contribution is 5.95. The summed E-state index contributed by atoms with van der Waals surface area (Å²) >= 11 is 0. The molecule has 2 aromatic carbocycles. The molecule has 0 saturated carbocycles. The van der Waals surface area contributed by atoms with Gasteiger partial charge in [0.1, 0.15) is 11.4 Å². The monoisotopic (exact) mass is 437 g/mol. The van der Waals surface area contributed by atoms with Crippen LogP contribution < -0.4 is 10.1 Å². The van der Waals surface area contributed by atoms with E-state index in [-0.39, 0.29) is 5.91 Å².